The molecule has 2 aliphatic rings. The van der Waals surface area contributed by atoms with Crippen LogP contribution in [0.4, 0.5) is 5.69 Å². The number of ether oxygens (including phenoxy) is 1. The lowest BCUT2D eigenvalue weighted by atomic mass is 9.99. The number of nitrogens with one attached hydrogen (secondary N) is 1. The van der Waals surface area contributed by atoms with Crippen LogP contribution in [0.2, 0.25) is 0 Å². The summed E-state index contributed by atoms with van der Waals surface area (Å²) in [5.74, 6) is 1.46. The lowest BCUT2D eigenvalue weighted by molar-refractivity contribution is -0.122. The van der Waals surface area contributed by atoms with E-state index in [0.717, 1.165) is 31.0 Å². The standard InChI is InChI=1S/C21H31N3O3/c1-17-8-13-23(14-9-17)12-5-4-11-22-20(25)10-15-24-18-6-2-3-7-19(18)27-16-21(24)26/h2-3,6-7,17H,4-5,8-16H2,1H3,(H,22,25). The summed E-state index contributed by atoms with van der Waals surface area (Å²) in [5.41, 5.74) is 0.748. The number of amides is 2. The molecule has 0 radical (unpaired) electrons. The number of nitrogens with zero attached hydrogens (tertiary/aromatic N) is 2. The average molecular weight is 373 g/mol. The zero-order valence-corrected chi connectivity index (χ0v) is 16.3. The van der Waals surface area contributed by atoms with Crippen LogP contribution in [0.5, 0.6) is 5.75 Å². The summed E-state index contributed by atoms with van der Waals surface area (Å²) < 4.78 is 5.42. The number of fused-ring (bicyclic) bond motifs is 1. The van der Waals surface area contributed by atoms with Gasteiger partial charge in [0.15, 0.2) is 6.61 Å². The van der Waals surface area contributed by atoms with E-state index in [9.17, 15) is 9.59 Å². The minimum Gasteiger partial charge on any atom is -0.482 e. The van der Waals surface area contributed by atoms with Gasteiger partial charge in [0.05, 0.1) is 5.69 Å². The van der Waals surface area contributed by atoms with E-state index in [0.29, 0.717) is 25.3 Å². The van der Waals surface area contributed by atoms with Gasteiger partial charge in [-0.15, -0.1) is 0 Å². The lowest BCUT2D eigenvalue weighted by Crippen LogP contribution is -2.41. The van der Waals surface area contributed by atoms with E-state index in [2.05, 4.69) is 17.1 Å². The average Bonchev–Trinajstić information content (AvgIpc) is 2.68. The molecule has 0 saturated carbocycles. The molecule has 0 aromatic heterocycles. The second-order valence-electron chi connectivity index (χ2n) is 7.63. The summed E-state index contributed by atoms with van der Waals surface area (Å²) >= 11 is 0. The van der Waals surface area contributed by atoms with Gasteiger partial charge in [-0.25, -0.2) is 0 Å². The van der Waals surface area contributed by atoms with Crippen LogP contribution in [0, 0.1) is 5.92 Å². The van der Waals surface area contributed by atoms with Crippen molar-refractivity contribution in [1.82, 2.24) is 10.2 Å². The Hall–Kier alpha value is -2.08. The molecule has 6 nitrogen and oxygen atoms in total. The van der Waals surface area contributed by atoms with Gasteiger partial charge >= 0.3 is 0 Å². The molecule has 0 unspecified atom stereocenters. The third-order valence-corrected chi connectivity index (χ3v) is 5.47. The molecule has 2 heterocycles. The fourth-order valence-electron chi connectivity index (χ4n) is 3.67. The predicted molar refractivity (Wildman–Crippen MR) is 106 cm³/mol. The number of hydrogen-bond acceptors (Lipinski definition) is 4. The van der Waals surface area contributed by atoms with Crippen LogP contribution in [0.15, 0.2) is 24.3 Å². The number of carbonyl (C=O) groups excluding carboxylic acids is 2. The van der Waals surface area contributed by atoms with Gasteiger partial charge in [-0.05, 0) is 63.4 Å². The molecule has 0 aliphatic carbocycles. The van der Waals surface area contributed by atoms with Gasteiger partial charge in [0.1, 0.15) is 5.75 Å². The Morgan fingerprint density at radius 2 is 1.96 bits per heavy atom. The highest BCUT2D eigenvalue weighted by atomic mass is 16.5. The van der Waals surface area contributed by atoms with Crippen LogP contribution in [0.3, 0.4) is 0 Å². The van der Waals surface area contributed by atoms with Gasteiger partial charge in [-0.1, -0.05) is 19.1 Å². The maximum Gasteiger partial charge on any atom is 0.265 e. The maximum atomic E-state index is 12.1. The van der Waals surface area contributed by atoms with Crippen molar-refractivity contribution in [1.29, 1.82) is 0 Å². The summed E-state index contributed by atoms with van der Waals surface area (Å²) in [7, 11) is 0. The van der Waals surface area contributed by atoms with E-state index >= 15 is 0 Å². The van der Waals surface area contributed by atoms with Crippen molar-refractivity contribution in [2.45, 2.75) is 39.0 Å². The molecule has 2 aliphatic heterocycles. The van der Waals surface area contributed by atoms with Crippen molar-refractivity contribution in [3.05, 3.63) is 24.3 Å². The van der Waals surface area contributed by atoms with Gasteiger partial charge in [0.2, 0.25) is 5.91 Å². The van der Waals surface area contributed by atoms with Gasteiger partial charge in [-0.3, -0.25) is 9.59 Å². The largest absolute Gasteiger partial charge is 0.482 e. The smallest absolute Gasteiger partial charge is 0.265 e. The minimum absolute atomic E-state index is 0.00132. The Balaban J connectivity index is 1.31. The predicted octanol–water partition coefficient (Wildman–Crippen LogP) is 2.43. The number of piperidine rings is 1. The third-order valence-electron chi connectivity index (χ3n) is 5.47. The summed E-state index contributed by atoms with van der Waals surface area (Å²) in [5, 5.41) is 2.98. The highest BCUT2D eigenvalue weighted by Crippen LogP contribution is 2.31. The van der Waals surface area contributed by atoms with E-state index in [4.69, 9.17) is 4.74 Å². The van der Waals surface area contributed by atoms with E-state index in [-0.39, 0.29) is 18.4 Å². The van der Waals surface area contributed by atoms with E-state index in [1.165, 1.54) is 25.9 Å². The molecule has 1 N–H and O–H groups in total. The number of para-hydroxylation sites is 2. The first kappa shape index (κ1) is 19.7. The molecule has 3 rings (SSSR count). The lowest BCUT2D eigenvalue weighted by Gasteiger charge is -2.30. The number of hydrogen-bond donors (Lipinski definition) is 1. The topological polar surface area (TPSA) is 61.9 Å². The molecule has 1 aromatic carbocycles. The Labute approximate surface area is 161 Å². The first-order valence-electron chi connectivity index (χ1n) is 10.1. The molecule has 1 saturated heterocycles. The molecular formula is C21H31N3O3. The molecular weight excluding hydrogens is 342 g/mol. The van der Waals surface area contributed by atoms with Gasteiger partial charge < -0.3 is 19.9 Å². The highest BCUT2D eigenvalue weighted by molar-refractivity contribution is 5.98. The van der Waals surface area contributed by atoms with Crippen molar-refractivity contribution in [2.24, 2.45) is 5.92 Å². The second-order valence-corrected chi connectivity index (χ2v) is 7.63. The fraction of sp³-hybridized carbons (Fsp3) is 0.619. The molecule has 0 bridgehead atoms. The molecule has 148 valence electrons. The molecule has 1 fully saturated rings. The van der Waals surface area contributed by atoms with Gasteiger partial charge in [0.25, 0.3) is 5.91 Å². The zero-order valence-electron chi connectivity index (χ0n) is 16.3. The molecule has 0 spiro atoms. The van der Waals surface area contributed by atoms with Crippen LogP contribution in [-0.4, -0.2) is 56.0 Å². The molecule has 0 atom stereocenters. The first-order chi connectivity index (χ1) is 13.1. The highest BCUT2D eigenvalue weighted by Gasteiger charge is 2.25. The quantitative estimate of drug-likeness (QED) is 0.711. The maximum absolute atomic E-state index is 12.1. The summed E-state index contributed by atoms with van der Waals surface area (Å²) in [4.78, 5) is 28.4. The number of benzene rings is 1. The molecule has 1 aromatic rings. The Morgan fingerprint density at radius 3 is 2.78 bits per heavy atom. The Bertz CT molecular complexity index is 641. The molecule has 6 heteroatoms. The van der Waals surface area contributed by atoms with Crippen LogP contribution in [-0.2, 0) is 9.59 Å². The molecule has 2 amide bonds. The number of likely N-dealkylation sites (tertiary alicyclic amines) is 1. The van der Waals surface area contributed by atoms with Gasteiger partial charge in [0, 0.05) is 19.5 Å². The van der Waals surface area contributed by atoms with Crippen molar-refractivity contribution in [2.75, 3.05) is 44.2 Å². The fourth-order valence-corrected chi connectivity index (χ4v) is 3.67. The van der Waals surface area contributed by atoms with E-state index in [1.54, 1.807) is 4.90 Å². The normalized spacial score (nSPS) is 18.1. The minimum atomic E-state index is -0.0997. The molecule has 27 heavy (non-hydrogen) atoms. The summed E-state index contributed by atoms with van der Waals surface area (Å²) in [6.07, 6.45) is 5.03. The van der Waals surface area contributed by atoms with Crippen molar-refractivity contribution in [3.63, 3.8) is 0 Å². The third kappa shape index (κ3) is 5.70. The zero-order chi connectivity index (χ0) is 19.1. The number of unbranched alkanes of at least 4 members (excludes halogenated alkanes) is 1. The SMILES string of the molecule is CC1CCN(CCCCNC(=O)CCN2C(=O)COc3ccccc32)CC1. The number of rotatable bonds is 8. The van der Waals surface area contributed by atoms with Crippen molar-refractivity contribution in [3.8, 4) is 5.75 Å². The summed E-state index contributed by atoms with van der Waals surface area (Å²) in [6, 6.07) is 7.45. The van der Waals surface area contributed by atoms with E-state index < -0.39 is 0 Å². The van der Waals surface area contributed by atoms with Crippen molar-refractivity contribution >= 4 is 17.5 Å². The van der Waals surface area contributed by atoms with Gasteiger partial charge in [-0.2, -0.15) is 0 Å². The van der Waals surface area contributed by atoms with Crippen LogP contribution in [0.25, 0.3) is 0 Å². The van der Waals surface area contributed by atoms with E-state index in [1.807, 2.05) is 24.3 Å². The van der Waals surface area contributed by atoms with Crippen LogP contribution in [0.1, 0.15) is 39.0 Å². The monoisotopic (exact) mass is 373 g/mol. The number of anilines is 1. The Morgan fingerprint density at radius 1 is 1.19 bits per heavy atom. The summed E-state index contributed by atoms with van der Waals surface area (Å²) in [6.45, 7) is 7.00. The Kier molecular flexibility index (Phi) is 7.10. The van der Waals surface area contributed by atoms with Crippen molar-refractivity contribution < 1.29 is 14.3 Å². The van der Waals surface area contributed by atoms with Crippen LogP contribution >= 0.6 is 0 Å². The van der Waals surface area contributed by atoms with Crippen LogP contribution < -0.4 is 15.0 Å². The number of carbonyl (C=O) groups is 2. The first-order valence-corrected chi connectivity index (χ1v) is 10.1. The second kappa shape index (κ2) is 9.74.